The van der Waals surface area contributed by atoms with Gasteiger partial charge in [0, 0.05) is 16.8 Å². The molecule has 1 aliphatic carbocycles. The molecule has 0 saturated heterocycles. The van der Waals surface area contributed by atoms with Crippen molar-refractivity contribution in [2.45, 2.75) is 13.2 Å². The van der Waals surface area contributed by atoms with Gasteiger partial charge in [0.05, 0.1) is 39.3 Å². The summed E-state index contributed by atoms with van der Waals surface area (Å²) in [5.74, 6) is -1.70. The first-order chi connectivity index (χ1) is 24.5. The van der Waals surface area contributed by atoms with Crippen molar-refractivity contribution in [2.75, 3.05) is 10.6 Å². The Hall–Kier alpha value is -6.80. The molecule has 0 radical (unpaired) electrons. The van der Waals surface area contributed by atoms with Crippen LogP contribution in [0.25, 0.3) is 0 Å². The maximum Gasteiger partial charge on any atom is 0.340 e. The van der Waals surface area contributed by atoms with Crippen LogP contribution in [0.2, 0.25) is 0 Å². The van der Waals surface area contributed by atoms with Gasteiger partial charge in [-0.25, -0.2) is 9.59 Å². The summed E-state index contributed by atoms with van der Waals surface area (Å²) in [4.78, 5) is 54.1. The summed E-state index contributed by atoms with van der Waals surface area (Å²) >= 11 is 0. The number of hydrogen-bond donors (Lipinski definition) is 2. The Morgan fingerprint density at radius 3 is 1.60 bits per heavy atom. The molecule has 0 fully saturated rings. The summed E-state index contributed by atoms with van der Waals surface area (Å²) < 4.78 is 11.1. The summed E-state index contributed by atoms with van der Waals surface area (Å²) in [6.45, 7) is 0.248. The van der Waals surface area contributed by atoms with Crippen molar-refractivity contribution in [1.29, 1.82) is 0 Å². The highest BCUT2D eigenvalue weighted by molar-refractivity contribution is 6.32. The summed E-state index contributed by atoms with van der Waals surface area (Å²) in [7, 11) is 0. The van der Waals surface area contributed by atoms with Crippen LogP contribution in [0, 0.1) is 0 Å². The standard InChI is InChI=1S/C42H30N2O6/c45-39-33-20-11-23-36(44-34-21-8-7-18-31(34)42(48)50-26-28-14-5-2-6-15-28)38(33)40(46)32-19-10-22-35(37(32)39)43-30-17-9-16-29(24-30)41(47)49-25-27-12-3-1-4-13-27/h1-24,43-44H,25-26H2. The molecule has 0 spiro atoms. The van der Waals surface area contributed by atoms with E-state index in [-0.39, 0.29) is 52.6 Å². The smallest absolute Gasteiger partial charge is 0.340 e. The number of esters is 2. The molecule has 0 heterocycles. The third kappa shape index (κ3) is 6.63. The lowest BCUT2D eigenvalue weighted by Gasteiger charge is -2.23. The van der Waals surface area contributed by atoms with Gasteiger partial charge in [0.25, 0.3) is 0 Å². The normalized spacial score (nSPS) is 11.6. The fourth-order valence-electron chi connectivity index (χ4n) is 5.85. The highest BCUT2D eigenvalue weighted by Gasteiger charge is 2.34. The molecule has 0 bridgehead atoms. The first kappa shape index (κ1) is 31.8. The molecule has 6 aromatic carbocycles. The quantitative estimate of drug-likeness (QED) is 0.141. The molecule has 0 unspecified atom stereocenters. The van der Waals surface area contributed by atoms with Gasteiger partial charge in [0.1, 0.15) is 13.2 Å². The van der Waals surface area contributed by atoms with Gasteiger partial charge in [-0.1, -0.05) is 103 Å². The molecule has 50 heavy (non-hydrogen) atoms. The molecule has 244 valence electrons. The highest BCUT2D eigenvalue weighted by Crippen LogP contribution is 2.37. The molecule has 0 saturated carbocycles. The Bertz CT molecular complexity index is 2250. The van der Waals surface area contributed by atoms with Crippen LogP contribution in [0.3, 0.4) is 0 Å². The Balaban J connectivity index is 1.12. The van der Waals surface area contributed by atoms with E-state index in [0.717, 1.165) is 11.1 Å². The van der Waals surface area contributed by atoms with Crippen molar-refractivity contribution in [3.63, 3.8) is 0 Å². The van der Waals surface area contributed by atoms with Crippen LogP contribution in [0.4, 0.5) is 22.7 Å². The lowest BCUT2D eigenvalue weighted by molar-refractivity contribution is 0.0464. The number of para-hydroxylation sites is 1. The molecular formula is C42H30N2O6. The van der Waals surface area contributed by atoms with E-state index in [1.807, 2.05) is 60.7 Å². The number of carbonyl (C=O) groups is 4. The summed E-state index contributed by atoms with van der Waals surface area (Å²) in [5, 5.41) is 6.45. The van der Waals surface area contributed by atoms with Gasteiger partial charge in [-0.2, -0.15) is 0 Å². The van der Waals surface area contributed by atoms with Gasteiger partial charge < -0.3 is 20.1 Å². The van der Waals surface area contributed by atoms with Crippen LogP contribution in [0.15, 0.2) is 146 Å². The van der Waals surface area contributed by atoms with Crippen LogP contribution in [0.1, 0.15) is 63.7 Å². The van der Waals surface area contributed by atoms with Crippen molar-refractivity contribution >= 4 is 46.3 Å². The lowest BCUT2D eigenvalue weighted by atomic mass is 9.82. The predicted octanol–water partition coefficient (Wildman–Crippen LogP) is 8.66. The van der Waals surface area contributed by atoms with Crippen LogP contribution in [0.5, 0.6) is 0 Å². The minimum atomic E-state index is -0.529. The van der Waals surface area contributed by atoms with E-state index in [1.165, 1.54) is 0 Å². The number of ether oxygens (including phenoxy) is 2. The zero-order valence-corrected chi connectivity index (χ0v) is 26.7. The van der Waals surface area contributed by atoms with Gasteiger partial charge in [-0.3, -0.25) is 9.59 Å². The fourth-order valence-corrected chi connectivity index (χ4v) is 5.85. The van der Waals surface area contributed by atoms with Crippen molar-refractivity contribution in [3.8, 4) is 0 Å². The molecule has 2 N–H and O–H groups in total. The van der Waals surface area contributed by atoms with E-state index < -0.39 is 11.9 Å². The maximum absolute atomic E-state index is 14.1. The molecule has 0 aromatic heterocycles. The van der Waals surface area contributed by atoms with E-state index in [1.54, 1.807) is 84.9 Å². The van der Waals surface area contributed by atoms with Crippen molar-refractivity contribution in [3.05, 3.63) is 190 Å². The molecule has 0 atom stereocenters. The van der Waals surface area contributed by atoms with Crippen LogP contribution in [-0.4, -0.2) is 23.5 Å². The van der Waals surface area contributed by atoms with Gasteiger partial charge in [-0.15, -0.1) is 0 Å². The number of benzene rings is 6. The van der Waals surface area contributed by atoms with E-state index >= 15 is 0 Å². The van der Waals surface area contributed by atoms with Crippen molar-refractivity contribution in [2.24, 2.45) is 0 Å². The first-order valence-corrected chi connectivity index (χ1v) is 16.0. The maximum atomic E-state index is 14.1. The Kier molecular flexibility index (Phi) is 8.98. The zero-order chi connectivity index (χ0) is 34.5. The van der Waals surface area contributed by atoms with Crippen LogP contribution < -0.4 is 10.6 Å². The van der Waals surface area contributed by atoms with Crippen LogP contribution >= 0.6 is 0 Å². The minimum absolute atomic E-state index is 0.109. The lowest BCUT2D eigenvalue weighted by Crippen LogP contribution is -2.23. The molecule has 7 rings (SSSR count). The SMILES string of the molecule is O=C(OCc1ccccc1)c1cccc(Nc2cccc3c2C(=O)c2cccc(Nc4ccccc4C(=O)OCc4ccccc4)c2C3=O)c1. The molecule has 0 aliphatic heterocycles. The Labute approximate surface area is 288 Å². The van der Waals surface area contributed by atoms with Crippen LogP contribution in [-0.2, 0) is 22.7 Å². The van der Waals surface area contributed by atoms with Crippen molar-refractivity contribution < 1.29 is 28.7 Å². The van der Waals surface area contributed by atoms with E-state index in [4.69, 9.17) is 9.47 Å². The Morgan fingerprint density at radius 1 is 0.480 bits per heavy atom. The number of anilines is 4. The average Bonchev–Trinajstić information content (AvgIpc) is 3.16. The van der Waals surface area contributed by atoms with Gasteiger partial charge in [-0.05, 0) is 53.6 Å². The number of hydrogen-bond acceptors (Lipinski definition) is 8. The molecule has 8 nitrogen and oxygen atoms in total. The highest BCUT2D eigenvalue weighted by atomic mass is 16.5. The first-order valence-electron chi connectivity index (χ1n) is 16.0. The number of nitrogens with one attached hydrogen (secondary N) is 2. The summed E-state index contributed by atoms with van der Waals surface area (Å²) in [6, 6.07) is 42.4. The molecule has 6 aromatic rings. The van der Waals surface area contributed by atoms with E-state index in [9.17, 15) is 19.2 Å². The molecule has 0 amide bonds. The topological polar surface area (TPSA) is 111 Å². The van der Waals surface area contributed by atoms with Gasteiger partial charge in [0.15, 0.2) is 11.6 Å². The second-order valence-corrected chi connectivity index (χ2v) is 11.6. The largest absolute Gasteiger partial charge is 0.457 e. The average molecular weight is 659 g/mol. The van der Waals surface area contributed by atoms with Crippen molar-refractivity contribution in [1.82, 2.24) is 0 Å². The molecule has 8 heteroatoms. The number of rotatable bonds is 10. The third-order valence-electron chi connectivity index (χ3n) is 8.29. The minimum Gasteiger partial charge on any atom is -0.457 e. The van der Waals surface area contributed by atoms with Gasteiger partial charge >= 0.3 is 11.9 Å². The summed E-state index contributed by atoms with van der Waals surface area (Å²) in [6.07, 6.45) is 0. The number of ketones is 2. The van der Waals surface area contributed by atoms with E-state index in [2.05, 4.69) is 10.6 Å². The molecular weight excluding hydrogens is 628 g/mol. The zero-order valence-electron chi connectivity index (χ0n) is 26.7. The third-order valence-corrected chi connectivity index (χ3v) is 8.29. The monoisotopic (exact) mass is 658 g/mol. The van der Waals surface area contributed by atoms with Gasteiger partial charge in [0.2, 0.25) is 0 Å². The predicted molar refractivity (Wildman–Crippen MR) is 190 cm³/mol. The fraction of sp³-hybridized carbons (Fsp3) is 0.0476. The number of carbonyl (C=O) groups excluding carboxylic acids is 4. The number of fused-ring (bicyclic) bond motifs is 2. The molecule has 1 aliphatic rings. The Morgan fingerprint density at radius 2 is 0.980 bits per heavy atom. The summed E-state index contributed by atoms with van der Waals surface area (Å²) in [5.41, 5.74) is 5.03. The van der Waals surface area contributed by atoms with E-state index in [0.29, 0.717) is 28.3 Å². The second kappa shape index (κ2) is 14.1. The second-order valence-electron chi connectivity index (χ2n) is 11.6.